The lowest BCUT2D eigenvalue weighted by Gasteiger charge is -2.46. The number of benzene rings is 7. The predicted molar refractivity (Wildman–Crippen MR) is 313 cm³/mol. The zero-order valence-corrected chi connectivity index (χ0v) is 46.6. The fourth-order valence-corrected chi connectivity index (χ4v) is 13.8. The van der Waals surface area contributed by atoms with Crippen LogP contribution in [0.15, 0.2) is 140 Å². The van der Waals surface area contributed by atoms with Gasteiger partial charge in [-0.2, -0.15) is 0 Å². The second kappa shape index (κ2) is 15.8. The highest BCUT2D eigenvalue weighted by Gasteiger charge is 2.64. The van der Waals surface area contributed by atoms with E-state index < -0.39 is 0 Å². The Bertz CT molecular complexity index is 3310. The molecule has 4 heteroatoms. The maximum atomic E-state index is 2.78. The lowest BCUT2D eigenvalue weighted by molar-refractivity contribution is 0.330. The first-order valence-corrected chi connectivity index (χ1v) is 26.9. The van der Waals surface area contributed by atoms with Crippen molar-refractivity contribution >= 4 is 68.6 Å². The normalized spacial score (nSPS) is 20.0. The monoisotopic (exact) mass is 948 g/mol. The van der Waals surface area contributed by atoms with E-state index in [1.807, 2.05) is 0 Å². The van der Waals surface area contributed by atoms with Gasteiger partial charge in [-0.3, -0.25) is 0 Å². The van der Waals surface area contributed by atoms with E-state index >= 15 is 0 Å². The topological polar surface area (TPSA) is 9.72 Å². The third-order valence-corrected chi connectivity index (χ3v) is 17.5. The molecule has 0 saturated heterocycles. The van der Waals surface area contributed by atoms with Gasteiger partial charge in [0, 0.05) is 50.8 Å². The van der Waals surface area contributed by atoms with E-state index in [4.69, 9.17) is 0 Å². The number of hydrogen-bond acceptors (Lipinski definition) is 3. The van der Waals surface area contributed by atoms with Crippen LogP contribution in [-0.4, -0.2) is 12.3 Å². The summed E-state index contributed by atoms with van der Waals surface area (Å²) in [5.41, 5.74) is 24.8. The SMILES string of the molecule is Cc1cc2c3c(c1)N(c1ccc(C(C)(C)C)cc1-c1ccccc1)c1cc(C(C)(C)C)ccc1B3c1ccc(N3c4ccc(C(C)(C)C)cc4C4(C)CC(C)(C)CC34C)cc1N2c1ccc(C(C)(C)C)cc1. The molecule has 0 spiro atoms. The summed E-state index contributed by atoms with van der Waals surface area (Å²) in [7, 11) is 0. The van der Waals surface area contributed by atoms with E-state index in [0.717, 1.165) is 12.8 Å². The maximum absolute atomic E-state index is 2.78. The Hall–Kier alpha value is -6.00. The molecule has 0 amide bonds. The molecule has 3 aliphatic heterocycles. The van der Waals surface area contributed by atoms with Crippen LogP contribution in [-0.2, 0) is 27.1 Å². The maximum Gasteiger partial charge on any atom is 0.252 e. The van der Waals surface area contributed by atoms with Crippen LogP contribution in [0.2, 0.25) is 0 Å². The molecular weight excluding hydrogens is 870 g/mol. The summed E-state index contributed by atoms with van der Waals surface area (Å²) in [6.45, 7) is 40.5. The highest BCUT2D eigenvalue weighted by Crippen LogP contribution is 2.67. The van der Waals surface area contributed by atoms with E-state index in [-0.39, 0.29) is 44.7 Å². The molecule has 1 saturated carbocycles. The minimum absolute atomic E-state index is 0.00511. The van der Waals surface area contributed by atoms with E-state index in [1.54, 1.807) is 0 Å². The molecule has 0 aromatic heterocycles. The largest absolute Gasteiger partial charge is 0.334 e. The first-order valence-electron chi connectivity index (χ1n) is 26.9. The van der Waals surface area contributed by atoms with Gasteiger partial charge in [0.1, 0.15) is 0 Å². The van der Waals surface area contributed by atoms with E-state index in [1.165, 1.54) is 106 Å². The first-order chi connectivity index (χ1) is 33.6. The highest BCUT2D eigenvalue weighted by molar-refractivity contribution is 7.00. The summed E-state index contributed by atoms with van der Waals surface area (Å²) in [6.07, 6.45) is 2.26. The fourth-order valence-electron chi connectivity index (χ4n) is 13.8. The van der Waals surface area contributed by atoms with Crippen molar-refractivity contribution in [1.82, 2.24) is 0 Å². The Morgan fingerprint density at radius 1 is 0.431 bits per heavy atom. The summed E-state index contributed by atoms with van der Waals surface area (Å²) in [5.74, 6) is 0. The molecule has 7 aromatic carbocycles. The average molecular weight is 948 g/mol. The third-order valence-electron chi connectivity index (χ3n) is 17.5. The highest BCUT2D eigenvalue weighted by atomic mass is 15.3. The van der Waals surface area contributed by atoms with Crippen LogP contribution in [0.5, 0.6) is 0 Å². The van der Waals surface area contributed by atoms with Gasteiger partial charge >= 0.3 is 0 Å². The summed E-state index contributed by atoms with van der Waals surface area (Å²) in [4.78, 5) is 8.04. The van der Waals surface area contributed by atoms with Crippen LogP contribution in [0, 0.1) is 12.3 Å². The second-order valence-corrected chi connectivity index (χ2v) is 27.7. The van der Waals surface area contributed by atoms with Crippen molar-refractivity contribution in [3.63, 3.8) is 0 Å². The molecular formula is C68H78BN3. The van der Waals surface area contributed by atoms with Gasteiger partial charge in [0.25, 0.3) is 6.71 Å². The molecule has 1 fully saturated rings. The molecule has 3 nitrogen and oxygen atoms in total. The number of hydrogen-bond donors (Lipinski definition) is 0. The molecule has 2 unspecified atom stereocenters. The van der Waals surface area contributed by atoms with Crippen molar-refractivity contribution in [1.29, 1.82) is 0 Å². The average Bonchev–Trinajstić information content (AvgIpc) is 3.61. The van der Waals surface area contributed by atoms with Crippen molar-refractivity contribution in [3.05, 3.63) is 173 Å². The van der Waals surface area contributed by atoms with Crippen LogP contribution in [0.25, 0.3) is 11.1 Å². The molecule has 4 aliphatic rings. The molecule has 1 aliphatic carbocycles. The lowest BCUT2D eigenvalue weighted by Crippen LogP contribution is -2.61. The lowest BCUT2D eigenvalue weighted by atomic mass is 9.33. The number of aryl methyl sites for hydroxylation is 1. The Labute approximate surface area is 433 Å². The molecule has 11 rings (SSSR count). The standard InChI is InChI=1S/C68H78BN3/c1-43-35-59-61-60(36-43)71(55-33-26-46(63(5,6)7)37-51(55)44-21-19-18-20-22-44)57-39-48(65(11,12)13)25-31-53(57)69(61)54-32-30-50(40-58(54)70(59)49-28-23-45(24-29-49)62(2,3)4)72-56-34-27-47(64(8,9)10)38-52(56)67(16)41-66(14,15)42-68(67,72)17/h18-40H,41-42H2,1-17H3. The Balaban J connectivity index is 1.20. The van der Waals surface area contributed by atoms with Crippen molar-refractivity contribution < 1.29 is 0 Å². The van der Waals surface area contributed by atoms with Crippen molar-refractivity contribution in [2.75, 3.05) is 14.7 Å². The van der Waals surface area contributed by atoms with Gasteiger partial charge in [-0.05, 0) is 170 Å². The summed E-state index contributed by atoms with van der Waals surface area (Å²) in [6, 6.07) is 55.2. The number of nitrogens with zero attached hydrogens (tertiary/aromatic N) is 3. The van der Waals surface area contributed by atoms with Crippen LogP contribution in [0.3, 0.4) is 0 Å². The molecule has 368 valence electrons. The van der Waals surface area contributed by atoms with Crippen molar-refractivity contribution in [2.45, 2.75) is 163 Å². The summed E-state index contributed by atoms with van der Waals surface area (Å²) in [5, 5.41) is 0. The number of rotatable bonds is 4. The smallest absolute Gasteiger partial charge is 0.252 e. The second-order valence-electron chi connectivity index (χ2n) is 27.7. The predicted octanol–water partition coefficient (Wildman–Crippen LogP) is 16.9. The van der Waals surface area contributed by atoms with Gasteiger partial charge in [-0.15, -0.1) is 0 Å². The fraction of sp³-hybridized carbons (Fsp3) is 0.382. The molecule has 0 bridgehead atoms. The van der Waals surface area contributed by atoms with Crippen LogP contribution >= 0.6 is 0 Å². The molecule has 2 atom stereocenters. The summed E-state index contributed by atoms with van der Waals surface area (Å²) >= 11 is 0. The Morgan fingerprint density at radius 3 is 1.54 bits per heavy atom. The van der Waals surface area contributed by atoms with Crippen molar-refractivity contribution in [2.24, 2.45) is 5.41 Å². The van der Waals surface area contributed by atoms with Gasteiger partial charge in [0.2, 0.25) is 0 Å². The molecule has 7 aromatic rings. The van der Waals surface area contributed by atoms with Gasteiger partial charge in [-0.1, -0.05) is 183 Å². The summed E-state index contributed by atoms with van der Waals surface area (Å²) < 4.78 is 0. The van der Waals surface area contributed by atoms with Gasteiger partial charge in [-0.25, -0.2) is 0 Å². The number of fused-ring (bicyclic) bond motifs is 7. The minimum Gasteiger partial charge on any atom is -0.334 e. The third kappa shape index (κ3) is 7.42. The van der Waals surface area contributed by atoms with Gasteiger partial charge in [0.05, 0.1) is 11.2 Å². The van der Waals surface area contributed by atoms with Crippen LogP contribution in [0.4, 0.5) is 45.5 Å². The van der Waals surface area contributed by atoms with Gasteiger partial charge < -0.3 is 14.7 Å². The Morgan fingerprint density at radius 2 is 0.931 bits per heavy atom. The van der Waals surface area contributed by atoms with Gasteiger partial charge in [0.15, 0.2) is 0 Å². The minimum atomic E-state index is -0.126. The number of anilines is 8. The van der Waals surface area contributed by atoms with E-state index in [0.29, 0.717) is 0 Å². The zero-order valence-electron chi connectivity index (χ0n) is 46.6. The molecule has 0 N–H and O–H groups in total. The van der Waals surface area contributed by atoms with E-state index in [9.17, 15) is 0 Å². The van der Waals surface area contributed by atoms with Crippen LogP contribution < -0.4 is 31.1 Å². The van der Waals surface area contributed by atoms with E-state index in [2.05, 4.69) is 272 Å². The van der Waals surface area contributed by atoms with Crippen molar-refractivity contribution in [3.8, 4) is 11.1 Å². The zero-order chi connectivity index (χ0) is 51.5. The quantitative estimate of drug-likeness (QED) is 0.163. The molecule has 3 heterocycles. The first kappa shape index (κ1) is 48.3. The molecule has 72 heavy (non-hydrogen) atoms. The van der Waals surface area contributed by atoms with Crippen LogP contribution in [0.1, 0.15) is 157 Å². The Kier molecular flexibility index (Phi) is 10.6. The molecule has 0 radical (unpaired) electrons.